The van der Waals surface area contributed by atoms with Crippen molar-refractivity contribution in [1.29, 1.82) is 0 Å². The minimum absolute atomic E-state index is 0.0457. The van der Waals surface area contributed by atoms with Gasteiger partial charge in [0.15, 0.2) is 5.16 Å². The number of aromatic nitrogens is 2. The van der Waals surface area contributed by atoms with Crippen LogP contribution in [0.15, 0.2) is 71.9 Å². The summed E-state index contributed by atoms with van der Waals surface area (Å²) in [6.07, 6.45) is 0. The maximum absolute atomic E-state index is 12.8. The van der Waals surface area contributed by atoms with Crippen molar-refractivity contribution in [2.45, 2.75) is 23.9 Å². The molecule has 1 atom stereocenters. The van der Waals surface area contributed by atoms with Crippen LogP contribution in [0.1, 0.15) is 6.92 Å². The summed E-state index contributed by atoms with van der Waals surface area (Å²) in [5, 5.41) is 5.82. The van der Waals surface area contributed by atoms with Crippen LogP contribution in [0.4, 0.5) is 5.69 Å². The molecule has 1 aromatic heterocycles. The molecule has 0 fully saturated rings. The normalized spacial score (nSPS) is 12.3. The zero-order valence-electron chi connectivity index (χ0n) is 16.5. The second-order valence-corrected chi connectivity index (χ2v) is 8.15. The van der Waals surface area contributed by atoms with Gasteiger partial charge in [0, 0.05) is 19.3 Å². The molecule has 5 nitrogen and oxygen atoms in total. The van der Waals surface area contributed by atoms with E-state index < -0.39 is 0 Å². The zero-order valence-corrected chi connectivity index (χ0v) is 17.3. The van der Waals surface area contributed by atoms with Crippen LogP contribution in [0.3, 0.4) is 0 Å². The van der Waals surface area contributed by atoms with Crippen LogP contribution >= 0.6 is 11.8 Å². The second-order valence-electron chi connectivity index (χ2n) is 6.84. The Morgan fingerprint density at radius 3 is 2.69 bits per heavy atom. The van der Waals surface area contributed by atoms with Gasteiger partial charge >= 0.3 is 0 Å². The predicted octanol–water partition coefficient (Wildman–Crippen LogP) is 4.96. The Hall–Kier alpha value is -2.83. The molecule has 0 aliphatic heterocycles. The van der Waals surface area contributed by atoms with Crippen LogP contribution in [0.2, 0.25) is 0 Å². The Balaban J connectivity index is 1.52. The molecular formula is C23H23N3O2S. The van der Waals surface area contributed by atoms with E-state index in [1.165, 1.54) is 11.8 Å². The average Bonchev–Trinajstić information content (AvgIpc) is 3.09. The number of fused-ring (bicyclic) bond motifs is 2. The van der Waals surface area contributed by atoms with Crippen LogP contribution in [-0.2, 0) is 16.1 Å². The first-order valence-corrected chi connectivity index (χ1v) is 10.4. The summed E-state index contributed by atoms with van der Waals surface area (Å²) < 4.78 is 7.36. The lowest BCUT2D eigenvalue weighted by molar-refractivity contribution is -0.115. The molecule has 4 rings (SSSR count). The fraction of sp³-hybridized carbons (Fsp3) is 0.217. The molecular weight excluding hydrogens is 382 g/mol. The number of nitrogens with one attached hydrogen (secondary N) is 1. The molecule has 0 radical (unpaired) electrons. The summed E-state index contributed by atoms with van der Waals surface area (Å²) in [6, 6.07) is 22.1. The summed E-state index contributed by atoms with van der Waals surface area (Å²) in [4.78, 5) is 17.5. The van der Waals surface area contributed by atoms with Gasteiger partial charge in [-0.05, 0) is 42.0 Å². The summed E-state index contributed by atoms with van der Waals surface area (Å²) in [7, 11) is 1.69. The van der Waals surface area contributed by atoms with Crippen LogP contribution in [-0.4, -0.2) is 34.4 Å². The fourth-order valence-electron chi connectivity index (χ4n) is 3.26. The molecule has 0 saturated heterocycles. The van der Waals surface area contributed by atoms with Crippen molar-refractivity contribution in [1.82, 2.24) is 9.55 Å². The highest BCUT2D eigenvalue weighted by molar-refractivity contribution is 8.00. The van der Waals surface area contributed by atoms with Crippen molar-refractivity contribution in [3.8, 4) is 0 Å². The van der Waals surface area contributed by atoms with Gasteiger partial charge in [0.05, 0.1) is 22.9 Å². The van der Waals surface area contributed by atoms with E-state index >= 15 is 0 Å². The van der Waals surface area contributed by atoms with Gasteiger partial charge in [0.25, 0.3) is 0 Å². The van der Waals surface area contributed by atoms with E-state index in [2.05, 4.69) is 16.0 Å². The van der Waals surface area contributed by atoms with Crippen molar-refractivity contribution in [3.05, 3.63) is 66.7 Å². The minimum Gasteiger partial charge on any atom is -0.383 e. The number of nitrogens with zero attached hydrogens (tertiary/aromatic N) is 2. The lowest BCUT2D eigenvalue weighted by Crippen LogP contribution is -2.23. The van der Waals surface area contributed by atoms with Crippen LogP contribution < -0.4 is 5.32 Å². The first-order chi connectivity index (χ1) is 14.2. The largest absolute Gasteiger partial charge is 0.383 e. The molecule has 1 amide bonds. The number of carbonyl (C=O) groups excluding carboxylic acids is 1. The van der Waals surface area contributed by atoms with Gasteiger partial charge < -0.3 is 14.6 Å². The summed E-state index contributed by atoms with van der Waals surface area (Å²) >= 11 is 1.46. The Morgan fingerprint density at radius 1 is 1.10 bits per heavy atom. The Morgan fingerprint density at radius 2 is 1.86 bits per heavy atom. The molecule has 4 aromatic rings. The van der Waals surface area contributed by atoms with Gasteiger partial charge in [-0.15, -0.1) is 0 Å². The van der Waals surface area contributed by atoms with Crippen LogP contribution in [0, 0.1) is 0 Å². The second kappa shape index (κ2) is 8.68. The number of imidazole rings is 1. The van der Waals surface area contributed by atoms with E-state index in [0.29, 0.717) is 13.2 Å². The third kappa shape index (κ3) is 4.28. The van der Waals surface area contributed by atoms with Gasteiger partial charge in [-0.1, -0.05) is 54.2 Å². The highest BCUT2D eigenvalue weighted by Crippen LogP contribution is 2.28. The number of ether oxygens (including phenoxy) is 1. The summed E-state index contributed by atoms with van der Waals surface area (Å²) in [5.41, 5.74) is 2.77. The Kier molecular flexibility index (Phi) is 5.83. The number of amides is 1. The van der Waals surface area contributed by atoms with Gasteiger partial charge in [-0.2, -0.15) is 0 Å². The van der Waals surface area contributed by atoms with Crippen molar-refractivity contribution in [2.75, 3.05) is 19.0 Å². The molecule has 0 bridgehead atoms. The molecule has 0 spiro atoms. The van der Waals surface area contributed by atoms with E-state index in [0.717, 1.165) is 32.6 Å². The van der Waals surface area contributed by atoms with Gasteiger partial charge in [0.1, 0.15) is 0 Å². The molecule has 3 aromatic carbocycles. The van der Waals surface area contributed by atoms with E-state index in [9.17, 15) is 4.79 Å². The molecule has 6 heteroatoms. The minimum atomic E-state index is -0.292. The number of benzene rings is 3. The Bertz CT molecular complexity index is 1160. The topological polar surface area (TPSA) is 56.1 Å². The SMILES string of the molecule is COCCn1c(SC(C)C(=O)Nc2ccc3ccccc3c2)nc2ccccc21. The lowest BCUT2D eigenvalue weighted by atomic mass is 10.1. The maximum Gasteiger partial charge on any atom is 0.237 e. The monoisotopic (exact) mass is 405 g/mol. The fourth-order valence-corrected chi connectivity index (χ4v) is 4.21. The molecule has 0 aliphatic rings. The number of thioether (sulfide) groups is 1. The molecule has 1 heterocycles. The van der Waals surface area contributed by atoms with Crippen molar-refractivity contribution >= 4 is 45.2 Å². The molecule has 148 valence electrons. The highest BCUT2D eigenvalue weighted by atomic mass is 32.2. The van der Waals surface area contributed by atoms with Gasteiger partial charge in [0.2, 0.25) is 5.91 Å². The van der Waals surface area contributed by atoms with Crippen LogP contribution in [0.25, 0.3) is 21.8 Å². The standard InChI is InChI=1S/C23H23N3O2S/c1-16(22(27)24-19-12-11-17-7-3-4-8-18(17)15-19)29-23-25-20-9-5-6-10-21(20)26(23)13-14-28-2/h3-12,15-16H,13-14H2,1-2H3,(H,24,27). The molecule has 1 N–H and O–H groups in total. The van der Waals surface area contributed by atoms with E-state index in [4.69, 9.17) is 9.72 Å². The zero-order chi connectivity index (χ0) is 20.2. The number of methoxy groups -OCH3 is 1. The van der Waals surface area contributed by atoms with E-state index in [1.54, 1.807) is 7.11 Å². The number of anilines is 1. The van der Waals surface area contributed by atoms with E-state index in [-0.39, 0.29) is 11.2 Å². The first-order valence-electron chi connectivity index (χ1n) is 9.56. The third-order valence-electron chi connectivity index (χ3n) is 4.81. The molecule has 0 aliphatic carbocycles. The van der Waals surface area contributed by atoms with Crippen molar-refractivity contribution in [3.63, 3.8) is 0 Å². The first kappa shape index (κ1) is 19.5. The van der Waals surface area contributed by atoms with E-state index in [1.807, 2.05) is 67.6 Å². The highest BCUT2D eigenvalue weighted by Gasteiger charge is 2.19. The predicted molar refractivity (Wildman–Crippen MR) is 120 cm³/mol. The average molecular weight is 406 g/mol. The lowest BCUT2D eigenvalue weighted by Gasteiger charge is -2.14. The van der Waals surface area contributed by atoms with Crippen LogP contribution in [0.5, 0.6) is 0 Å². The third-order valence-corrected chi connectivity index (χ3v) is 5.90. The molecule has 1 unspecified atom stereocenters. The Labute approximate surface area is 174 Å². The summed E-state index contributed by atoms with van der Waals surface area (Å²) in [5.74, 6) is -0.0457. The number of carbonyl (C=O) groups is 1. The maximum atomic E-state index is 12.8. The number of rotatable bonds is 7. The smallest absolute Gasteiger partial charge is 0.237 e. The number of hydrogen-bond acceptors (Lipinski definition) is 4. The molecule has 29 heavy (non-hydrogen) atoms. The molecule has 0 saturated carbocycles. The van der Waals surface area contributed by atoms with Crippen molar-refractivity contribution < 1.29 is 9.53 Å². The quantitative estimate of drug-likeness (QED) is 0.442. The van der Waals surface area contributed by atoms with Gasteiger partial charge in [-0.3, -0.25) is 4.79 Å². The van der Waals surface area contributed by atoms with Crippen molar-refractivity contribution in [2.24, 2.45) is 0 Å². The number of para-hydroxylation sites is 2. The number of hydrogen-bond donors (Lipinski definition) is 1. The summed E-state index contributed by atoms with van der Waals surface area (Å²) in [6.45, 7) is 3.19. The van der Waals surface area contributed by atoms with Gasteiger partial charge in [-0.25, -0.2) is 4.98 Å².